The van der Waals surface area contributed by atoms with E-state index < -0.39 is 6.04 Å². The summed E-state index contributed by atoms with van der Waals surface area (Å²) in [6.45, 7) is 13.2. The Hall–Kier alpha value is -3.02. The molecule has 6 heteroatoms. The molecule has 34 heavy (non-hydrogen) atoms. The summed E-state index contributed by atoms with van der Waals surface area (Å²) in [7, 11) is 0. The molecule has 2 aromatic rings. The van der Waals surface area contributed by atoms with Crippen molar-refractivity contribution >= 4 is 11.8 Å². The third-order valence-corrected chi connectivity index (χ3v) is 5.49. The lowest BCUT2D eigenvalue weighted by Crippen LogP contribution is -2.50. The summed E-state index contributed by atoms with van der Waals surface area (Å²) in [5, 5.41) is 2.98. The summed E-state index contributed by atoms with van der Waals surface area (Å²) in [5.74, 6) is 1.24. The number of nitrogens with one attached hydrogen (secondary N) is 1. The lowest BCUT2D eigenvalue weighted by Gasteiger charge is -2.31. The van der Waals surface area contributed by atoms with Crippen LogP contribution in [0.2, 0.25) is 0 Å². The van der Waals surface area contributed by atoms with Crippen molar-refractivity contribution in [3.8, 4) is 11.5 Å². The molecule has 0 fully saturated rings. The van der Waals surface area contributed by atoms with Crippen LogP contribution in [0, 0.1) is 6.92 Å². The SMILES string of the molecule is CCOc1ccc(CCC(=O)N(Cc2cccc(C)c2)[C@@H](CC)C(=O)NC(C)C)cc1OCC. The average molecular weight is 469 g/mol. The van der Waals surface area contributed by atoms with Crippen molar-refractivity contribution in [2.45, 2.75) is 79.4 Å². The van der Waals surface area contributed by atoms with Gasteiger partial charge in [0.1, 0.15) is 6.04 Å². The molecule has 0 saturated heterocycles. The van der Waals surface area contributed by atoms with Gasteiger partial charge in [-0.1, -0.05) is 42.8 Å². The van der Waals surface area contributed by atoms with E-state index in [1.54, 1.807) is 4.90 Å². The fraction of sp³-hybridized carbons (Fsp3) is 0.500. The molecule has 0 unspecified atom stereocenters. The molecule has 2 rings (SSSR count). The van der Waals surface area contributed by atoms with E-state index in [1.807, 2.05) is 77.9 Å². The summed E-state index contributed by atoms with van der Waals surface area (Å²) < 4.78 is 11.4. The van der Waals surface area contributed by atoms with Crippen molar-refractivity contribution < 1.29 is 19.1 Å². The monoisotopic (exact) mass is 468 g/mol. The van der Waals surface area contributed by atoms with Crippen molar-refractivity contribution in [3.05, 3.63) is 59.2 Å². The number of amides is 2. The fourth-order valence-electron chi connectivity index (χ4n) is 3.95. The largest absolute Gasteiger partial charge is 0.490 e. The first-order chi connectivity index (χ1) is 16.3. The molecule has 0 aliphatic rings. The smallest absolute Gasteiger partial charge is 0.243 e. The second kappa shape index (κ2) is 13.6. The molecule has 1 N–H and O–H groups in total. The predicted molar refractivity (Wildman–Crippen MR) is 136 cm³/mol. The van der Waals surface area contributed by atoms with Gasteiger partial charge >= 0.3 is 0 Å². The van der Waals surface area contributed by atoms with Crippen molar-refractivity contribution in [2.75, 3.05) is 13.2 Å². The Labute approximate surface area is 204 Å². The molecule has 2 amide bonds. The maximum absolute atomic E-state index is 13.5. The Morgan fingerprint density at radius 3 is 2.26 bits per heavy atom. The van der Waals surface area contributed by atoms with Crippen molar-refractivity contribution in [3.63, 3.8) is 0 Å². The fourth-order valence-corrected chi connectivity index (χ4v) is 3.95. The summed E-state index contributed by atoms with van der Waals surface area (Å²) in [6.07, 6.45) is 1.41. The maximum Gasteiger partial charge on any atom is 0.243 e. The zero-order valence-electron chi connectivity index (χ0n) is 21.5. The van der Waals surface area contributed by atoms with Crippen molar-refractivity contribution in [1.29, 1.82) is 0 Å². The molecule has 0 aromatic heterocycles. The molecule has 0 spiro atoms. The molecule has 0 bridgehead atoms. The second-order valence-electron chi connectivity index (χ2n) is 8.75. The number of ether oxygens (including phenoxy) is 2. The van der Waals surface area contributed by atoms with Gasteiger partial charge in [-0.15, -0.1) is 0 Å². The highest BCUT2D eigenvalue weighted by Gasteiger charge is 2.28. The molecule has 2 aromatic carbocycles. The second-order valence-corrected chi connectivity index (χ2v) is 8.75. The van der Waals surface area contributed by atoms with E-state index in [1.165, 1.54) is 0 Å². The van der Waals surface area contributed by atoms with Gasteiger partial charge in [-0.2, -0.15) is 0 Å². The third kappa shape index (κ3) is 8.08. The number of hydrogen-bond donors (Lipinski definition) is 1. The normalized spacial score (nSPS) is 11.7. The molecule has 0 aliphatic carbocycles. The Balaban J connectivity index is 2.23. The van der Waals surface area contributed by atoms with E-state index in [-0.39, 0.29) is 17.9 Å². The van der Waals surface area contributed by atoms with Crippen LogP contribution >= 0.6 is 0 Å². The topological polar surface area (TPSA) is 67.9 Å². The van der Waals surface area contributed by atoms with Gasteiger partial charge in [0.05, 0.1) is 13.2 Å². The number of nitrogens with zero attached hydrogens (tertiary/aromatic N) is 1. The number of rotatable bonds is 13. The van der Waals surface area contributed by atoms with Crippen LogP contribution < -0.4 is 14.8 Å². The van der Waals surface area contributed by atoms with Gasteiger partial charge in [0, 0.05) is 19.0 Å². The summed E-state index contributed by atoms with van der Waals surface area (Å²) in [4.78, 5) is 28.1. The zero-order chi connectivity index (χ0) is 25.1. The number of aryl methyl sites for hydroxylation is 2. The first-order valence-corrected chi connectivity index (χ1v) is 12.3. The zero-order valence-corrected chi connectivity index (χ0v) is 21.5. The molecule has 0 radical (unpaired) electrons. The first-order valence-electron chi connectivity index (χ1n) is 12.3. The number of hydrogen-bond acceptors (Lipinski definition) is 4. The third-order valence-electron chi connectivity index (χ3n) is 5.49. The molecule has 0 saturated carbocycles. The highest BCUT2D eigenvalue weighted by molar-refractivity contribution is 5.87. The highest BCUT2D eigenvalue weighted by atomic mass is 16.5. The van der Waals surface area contributed by atoms with E-state index >= 15 is 0 Å². The molecular weight excluding hydrogens is 428 g/mol. The predicted octanol–water partition coefficient (Wildman–Crippen LogP) is 5.06. The van der Waals surface area contributed by atoms with E-state index in [2.05, 4.69) is 11.4 Å². The Morgan fingerprint density at radius 2 is 1.65 bits per heavy atom. The minimum absolute atomic E-state index is 0.0123. The summed E-state index contributed by atoms with van der Waals surface area (Å²) in [6, 6.07) is 13.4. The van der Waals surface area contributed by atoms with Gasteiger partial charge in [0.2, 0.25) is 11.8 Å². The van der Waals surface area contributed by atoms with Crippen molar-refractivity contribution in [2.24, 2.45) is 0 Å². The maximum atomic E-state index is 13.5. The Kier molecular flexibility index (Phi) is 10.9. The molecular formula is C28H40N2O4. The van der Waals surface area contributed by atoms with Crippen LogP contribution in [0.5, 0.6) is 11.5 Å². The van der Waals surface area contributed by atoms with Crippen LogP contribution in [0.15, 0.2) is 42.5 Å². The van der Waals surface area contributed by atoms with Gasteiger partial charge in [-0.25, -0.2) is 0 Å². The van der Waals surface area contributed by atoms with Gasteiger partial charge in [-0.05, 0) is 70.7 Å². The molecule has 0 heterocycles. The lowest BCUT2D eigenvalue weighted by atomic mass is 10.0. The van der Waals surface area contributed by atoms with E-state index in [9.17, 15) is 9.59 Å². The van der Waals surface area contributed by atoms with Gasteiger partial charge in [0.25, 0.3) is 0 Å². The minimum atomic E-state index is -0.519. The number of benzene rings is 2. The van der Waals surface area contributed by atoms with Crippen LogP contribution in [0.3, 0.4) is 0 Å². The van der Waals surface area contributed by atoms with Crippen LogP contribution in [0.25, 0.3) is 0 Å². The lowest BCUT2D eigenvalue weighted by molar-refractivity contribution is -0.141. The highest BCUT2D eigenvalue weighted by Crippen LogP contribution is 2.29. The van der Waals surface area contributed by atoms with Gasteiger partial charge < -0.3 is 19.7 Å². The standard InChI is InChI=1S/C28H40N2O4/c1-7-24(28(32)29-20(4)5)30(19-23-12-10-11-21(6)17-23)27(31)16-14-22-13-15-25(33-8-2)26(18-22)34-9-3/h10-13,15,17-18,20,24H,7-9,14,16,19H2,1-6H3,(H,29,32)/t24-/m0/s1. The van der Waals surface area contributed by atoms with Crippen LogP contribution in [0.4, 0.5) is 0 Å². The van der Waals surface area contributed by atoms with E-state index in [4.69, 9.17) is 9.47 Å². The van der Waals surface area contributed by atoms with Crippen LogP contribution in [0.1, 0.15) is 64.2 Å². The van der Waals surface area contributed by atoms with E-state index in [0.29, 0.717) is 50.5 Å². The van der Waals surface area contributed by atoms with E-state index in [0.717, 1.165) is 16.7 Å². The van der Waals surface area contributed by atoms with Gasteiger partial charge in [-0.3, -0.25) is 9.59 Å². The Morgan fingerprint density at radius 1 is 0.941 bits per heavy atom. The summed E-state index contributed by atoms with van der Waals surface area (Å²) in [5.41, 5.74) is 3.14. The molecule has 186 valence electrons. The number of carbonyl (C=O) groups is 2. The van der Waals surface area contributed by atoms with Crippen LogP contribution in [-0.4, -0.2) is 42.0 Å². The Bertz CT molecular complexity index is 942. The molecule has 0 aliphatic heterocycles. The average Bonchev–Trinajstić information content (AvgIpc) is 2.78. The summed E-state index contributed by atoms with van der Waals surface area (Å²) >= 11 is 0. The first kappa shape index (κ1) is 27.2. The molecule has 1 atom stereocenters. The van der Waals surface area contributed by atoms with Gasteiger partial charge in [0.15, 0.2) is 11.5 Å². The number of carbonyl (C=O) groups excluding carboxylic acids is 2. The molecule has 6 nitrogen and oxygen atoms in total. The van der Waals surface area contributed by atoms with Crippen molar-refractivity contribution in [1.82, 2.24) is 10.2 Å². The minimum Gasteiger partial charge on any atom is -0.490 e. The quantitative estimate of drug-likeness (QED) is 0.446. The van der Waals surface area contributed by atoms with Crippen LogP contribution in [-0.2, 0) is 22.6 Å².